The number of aliphatic hydroxyl groups is 1. The van der Waals surface area contributed by atoms with Gasteiger partial charge in [0.2, 0.25) is 5.89 Å². The Morgan fingerprint density at radius 1 is 1.45 bits per heavy atom. The molecule has 116 valence electrons. The molecule has 0 radical (unpaired) electrons. The van der Waals surface area contributed by atoms with Gasteiger partial charge >= 0.3 is 6.03 Å². The predicted octanol–water partition coefficient (Wildman–Crippen LogP) is 2.69. The average molecular weight is 301 g/mol. The summed E-state index contributed by atoms with van der Waals surface area (Å²) in [5, 5.41) is 15.4. The van der Waals surface area contributed by atoms with Crippen LogP contribution in [0, 0.1) is 6.92 Å². The van der Waals surface area contributed by atoms with Crippen molar-refractivity contribution in [2.24, 2.45) is 0 Å². The highest BCUT2D eigenvalue weighted by Crippen LogP contribution is 2.30. The molecule has 2 amide bonds. The number of hydrogen-bond acceptors (Lipinski definition) is 4. The second kappa shape index (κ2) is 5.81. The molecule has 0 unspecified atom stereocenters. The second-order valence-corrected chi connectivity index (χ2v) is 5.74. The maximum Gasteiger partial charge on any atom is 0.319 e. The van der Waals surface area contributed by atoms with Gasteiger partial charge in [-0.25, -0.2) is 9.78 Å². The summed E-state index contributed by atoms with van der Waals surface area (Å²) in [4.78, 5) is 16.0. The lowest BCUT2D eigenvalue weighted by Crippen LogP contribution is -2.48. The van der Waals surface area contributed by atoms with Gasteiger partial charge in [-0.1, -0.05) is 6.07 Å². The Morgan fingerprint density at radius 3 is 2.91 bits per heavy atom. The van der Waals surface area contributed by atoms with Crippen LogP contribution in [0.2, 0.25) is 0 Å². The van der Waals surface area contributed by atoms with Gasteiger partial charge in [-0.2, -0.15) is 0 Å². The zero-order valence-corrected chi connectivity index (χ0v) is 12.4. The van der Waals surface area contributed by atoms with E-state index in [1.165, 1.54) is 0 Å². The Bertz CT molecular complexity index is 677. The van der Waals surface area contributed by atoms with Crippen LogP contribution in [-0.2, 0) is 0 Å². The third-order valence-electron chi connectivity index (χ3n) is 3.85. The maximum atomic E-state index is 11.9. The van der Waals surface area contributed by atoms with E-state index in [2.05, 4.69) is 15.6 Å². The molecule has 6 nitrogen and oxygen atoms in total. The van der Waals surface area contributed by atoms with E-state index in [0.717, 1.165) is 30.6 Å². The summed E-state index contributed by atoms with van der Waals surface area (Å²) in [5.41, 5.74) is 0.712. The highest BCUT2D eigenvalue weighted by Gasteiger charge is 2.34. The van der Waals surface area contributed by atoms with Crippen LogP contribution in [-0.4, -0.2) is 28.3 Å². The van der Waals surface area contributed by atoms with Crippen LogP contribution in [0.1, 0.15) is 25.0 Å². The lowest BCUT2D eigenvalue weighted by atomic mass is 9.80. The van der Waals surface area contributed by atoms with Crippen molar-refractivity contribution in [1.82, 2.24) is 10.3 Å². The van der Waals surface area contributed by atoms with Crippen molar-refractivity contribution in [2.45, 2.75) is 31.8 Å². The van der Waals surface area contributed by atoms with Crippen LogP contribution < -0.4 is 10.6 Å². The Labute approximate surface area is 128 Å². The van der Waals surface area contributed by atoms with Crippen molar-refractivity contribution in [3.05, 3.63) is 36.2 Å². The number of anilines is 1. The molecule has 0 bridgehead atoms. The molecule has 1 saturated carbocycles. The molecule has 1 aliphatic rings. The van der Waals surface area contributed by atoms with Gasteiger partial charge in [0.15, 0.2) is 0 Å². The molecular weight excluding hydrogens is 282 g/mol. The van der Waals surface area contributed by atoms with Crippen molar-refractivity contribution in [3.63, 3.8) is 0 Å². The van der Waals surface area contributed by atoms with E-state index in [1.807, 2.05) is 19.1 Å². The molecule has 2 aromatic rings. The molecule has 3 N–H and O–H groups in total. The highest BCUT2D eigenvalue weighted by molar-refractivity contribution is 5.89. The fraction of sp³-hybridized carbons (Fsp3) is 0.375. The number of aromatic nitrogens is 1. The monoisotopic (exact) mass is 301 g/mol. The van der Waals surface area contributed by atoms with E-state index in [9.17, 15) is 9.90 Å². The summed E-state index contributed by atoms with van der Waals surface area (Å²) >= 11 is 0. The van der Waals surface area contributed by atoms with E-state index >= 15 is 0 Å². The van der Waals surface area contributed by atoms with Crippen molar-refractivity contribution in [3.8, 4) is 11.5 Å². The molecule has 22 heavy (non-hydrogen) atoms. The van der Waals surface area contributed by atoms with Crippen LogP contribution in [0.3, 0.4) is 0 Å². The maximum absolute atomic E-state index is 11.9. The van der Waals surface area contributed by atoms with Gasteiger partial charge in [0.05, 0.1) is 11.8 Å². The number of aryl methyl sites for hydroxylation is 1. The molecule has 6 heteroatoms. The summed E-state index contributed by atoms with van der Waals surface area (Å²) in [6.45, 7) is 2.11. The van der Waals surface area contributed by atoms with Gasteiger partial charge in [-0.15, -0.1) is 0 Å². The molecule has 1 fully saturated rings. The first kappa shape index (κ1) is 14.6. The first-order valence-electron chi connectivity index (χ1n) is 7.34. The molecule has 0 aliphatic heterocycles. The minimum Gasteiger partial charge on any atom is -0.441 e. The van der Waals surface area contributed by atoms with Crippen molar-refractivity contribution in [2.75, 3.05) is 11.9 Å². The summed E-state index contributed by atoms with van der Waals surface area (Å²) < 4.78 is 5.47. The first-order chi connectivity index (χ1) is 10.5. The second-order valence-electron chi connectivity index (χ2n) is 5.74. The number of oxazole rings is 1. The topological polar surface area (TPSA) is 87.4 Å². The molecule has 1 aromatic heterocycles. The van der Waals surface area contributed by atoms with Crippen molar-refractivity contribution < 1.29 is 14.3 Å². The van der Waals surface area contributed by atoms with Crippen LogP contribution in [0.4, 0.5) is 10.5 Å². The Balaban J connectivity index is 1.61. The fourth-order valence-corrected chi connectivity index (χ4v) is 2.40. The highest BCUT2D eigenvalue weighted by atomic mass is 16.4. The van der Waals surface area contributed by atoms with E-state index in [-0.39, 0.29) is 12.6 Å². The van der Waals surface area contributed by atoms with E-state index < -0.39 is 5.60 Å². The number of urea groups is 1. The molecule has 1 aliphatic carbocycles. The molecule has 3 rings (SSSR count). The zero-order chi connectivity index (χ0) is 15.6. The number of carbonyl (C=O) groups is 1. The summed E-state index contributed by atoms with van der Waals surface area (Å²) in [5.74, 6) is 1.25. The summed E-state index contributed by atoms with van der Waals surface area (Å²) in [7, 11) is 0. The quantitative estimate of drug-likeness (QED) is 0.810. The minimum absolute atomic E-state index is 0.275. The van der Waals surface area contributed by atoms with Gasteiger partial charge in [-0.05, 0) is 44.4 Å². The van der Waals surface area contributed by atoms with Crippen LogP contribution >= 0.6 is 0 Å². The van der Waals surface area contributed by atoms with Gasteiger partial charge in [0.25, 0.3) is 0 Å². The van der Waals surface area contributed by atoms with Crippen molar-refractivity contribution in [1.29, 1.82) is 0 Å². The minimum atomic E-state index is -0.727. The molecule has 0 atom stereocenters. The number of hydrogen-bond donors (Lipinski definition) is 3. The van der Waals surface area contributed by atoms with E-state index in [1.54, 1.807) is 18.3 Å². The third kappa shape index (κ3) is 3.28. The van der Waals surface area contributed by atoms with Crippen LogP contribution in [0.15, 0.2) is 34.9 Å². The molecular formula is C16H19N3O3. The lowest BCUT2D eigenvalue weighted by molar-refractivity contribution is -0.0287. The predicted molar refractivity (Wildman–Crippen MR) is 82.5 cm³/mol. The van der Waals surface area contributed by atoms with Crippen molar-refractivity contribution >= 4 is 11.7 Å². The summed E-state index contributed by atoms with van der Waals surface area (Å²) in [6.07, 6.45) is 4.15. The summed E-state index contributed by atoms with van der Waals surface area (Å²) in [6, 6.07) is 6.94. The Hall–Kier alpha value is -2.34. The van der Waals surface area contributed by atoms with E-state index in [0.29, 0.717) is 11.6 Å². The van der Waals surface area contributed by atoms with E-state index in [4.69, 9.17) is 4.42 Å². The van der Waals surface area contributed by atoms with Gasteiger partial charge in [0.1, 0.15) is 5.76 Å². The van der Waals surface area contributed by atoms with Gasteiger partial charge < -0.3 is 20.2 Å². The number of rotatable bonds is 4. The largest absolute Gasteiger partial charge is 0.441 e. The normalized spacial score (nSPS) is 15.9. The Morgan fingerprint density at radius 2 is 2.27 bits per heavy atom. The standard InChI is InChI=1S/C16H19N3O3/c1-11-9-17-14(22-11)12-4-2-5-13(8-12)19-15(20)18-10-16(21)6-3-7-16/h2,4-5,8-9,21H,3,6-7,10H2,1H3,(H2,18,19,20). The van der Waals surface area contributed by atoms with Gasteiger partial charge in [0, 0.05) is 17.8 Å². The van der Waals surface area contributed by atoms with Crippen LogP contribution in [0.25, 0.3) is 11.5 Å². The zero-order valence-electron chi connectivity index (χ0n) is 12.4. The van der Waals surface area contributed by atoms with Crippen LogP contribution in [0.5, 0.6) is 0 Å². The average Bonchev–Trinajstić information content (AvgIpc) is 2.90. The number of carbonyl (C=O) groups excluding carboxylic acids is 1. The first-order valence-corrected chi connectivity index (χ1v) is 7.34. The smallest absolute Gasteiger partial charge is 0.319 e. The number of nitrogens with one attached hydrogen (secondary N) is 2. The Kier molecular flexibility index (Phi) is 3.85. The number of amides is 2. The number of benzene rings is 1. The lowest BCUT2D eigenvalue weighted by Gasteiger charge is -2.36. The molecule has 0 spiro atoms. The van der Waals surface area contributed by atoms with Gasteiger partial charge in [-0.3, -0.25) is 0 Å². The molecule has 1 aromatic carbocycles. The molecule has 1 heterocycles. The third-order valence-corrected chi connectivity index (χ3v) is 3.85. The fourth-order valence-electron chi connectivity index (χ4n) is 2.40. The number of nitrogens with zero attached hydrogens (tertiary/aromatic N) is 1. The SMILES string of the molecule is Cc1cnc(-c2cccc(NC(=O)NCC3(O)CCC3)c2)o1. The molecule has 0 saturated heterocycles.